The minimum absolute atomic E-state index is 0.538. The molecule has 322 valence electrons. The normalized spacial score (nSPS) is 11.8. The van der Waals surface area contributed by atoms with Crippen molar-refractivity contribution in [2.24, 2.45) is 0 Å². The lowest BCUT2D eigenvalue weighted by Gasteiger charge is -2.09. The van der Waals surface area contributed by atoms with E-state index in [2.05, 4.69) is 193 Å². The average molecular weight is 883 g/mol. The summed E-state index contributed by atoms with van der Waals surface area (Å²) in [5.74, 6) is 1.72. The smallest absolute Gasteiger partial charge is 0.167 e. The van der Waals surface area contributed by atoms with Gasteiger partial charge in [0.05, 0.1) is 22.3 Å². The number of rotatable bonds is 7. The van der Waals surface area contributed by atoms with Gasteiger partial charge in [-0.15, -0.1) is 0 Å². The summed E-state index contributed by atoms with van der Waals surface area (Å²) in [6.45, 7) is 0. The molecular formula is C63H38N4O2. The van der Waals surface area contributed by atoms with Crippen molar-refractivity contribution in [1.29, 1.82) is 0 Å². The molecule has 0 aliphatic rings. The summed E-state index contributed by atoms with van der Waals surface area (Å²) in [5.41, 5.74) is 15.6. The first-order valence-corrected chi connectivity index (χ1v) is 23.2. The molecule has 0 fully saturated rings. The molecule has 14 aromatic rings. The van der Waals surface area contributed by atoms with Crippen molar-refractivity contribution in [2.45, 2.75) is 0 Å². The van der Waals surface area contributed by atoms with Crippen molar-refractivity contribution in [1.82, 2.24) is 19.5 Å². The lowest BCUT2D eigenvalue weighted by molar-refractivity contribution is 0.666. The van der Waals surface area contributed by atoms with Crippen LogP contribution in [0.25, 0.3) is 139 Å². The van der Waals surface area contributed by atoms with Gasteiger partial charge in [0.25, 0.3) is 0 Å². The van der Waals surface area contributed by atoms with Gasteiger partial charge in [0.1, 0.15) is 16.7 Å². The van der Waals surface area contributed by atoms with E-state index in [0.29, 0.717) is 23.1 Å². The van der Waals surface area contributed by atoms with Crippen molar-refractivity contribution >= 4 is 65.7 Å². The van der Waals surface area contributed by atoms with E-state index >= 15 is 0 Å². The van der Waals surface area contributed by atoms with Gasteiger partial charge in [0.2, 0.25) is 0 Å². The lowest BCUT2D eigenvalue weighted by Crippen LogP contribution is -2.00. The van der Waals surface area contributed by atoms with Crippen molar-refractivity contribution in [3.63, 3.8) is 0 Å². The molecule has 0 atom stereocenters. The van der Waals surface area contributed by atoms with Crippen LogP contribution in [0.5, 0.6) is 0 Å². The fourth-order valence-electron chi connectivity index (χ4n) is 10.2. The Hall–Kier alpha value is -9.39. The molecule has 0 spiro atoms. The third-order valence-corrected chi connectivity index (χ3v) is 13.5. The zero-order valence-corrected chi connectivity index (χ0v) is 37.0. The summed E-state index contributed by atoms with van der Waals surface area (Å²) < 4.78 is 16.3. The summed E-state index contributed by atoms with van der Waals surface area (Å²) in [6, 6.07) is 80.3. The summed E-state index contributed by atoms with van der Waals surface area (Å²) in [5, 5.41) is 6.50. The van der Waals surface area contributed by atoms with Crippen molar-refractivity contribution in [3.05, 3.63) is 231 Å². The first kappa shape index (κ1) is 38.8. The number of furan rings is 2. The van der Waals surface area contributed by atoms with Gasteiger partial charge >= 0.3 is 0 Å². The van der Waals surface area contributed by atoms with Crippen molar-refractivity contribution in [3.8, 4) is 73.2 Å². The number of para-hydroxylation sites is 4. The summed E-state index contributed by atoms with van der Waals surface area (Å²) in [4.78, 5) is 15.3. The average Bonchev–Trinajstić information content (AvgIpc) is 4.11. The number of nitrogens with zero attached hydrogens (tertiary/aromatic N) is 4. The molecule has 0 saturated heterocycles. The van der Waals surface area contributed by atoms with Crippen LogP contribution in [0, 0.1) is 0 Å². The molecule has 4 heterocycles. The Morgan fingerprint density at radius 3 is 1.49 bits per heavy atom. The highest BCUT2D eigenvalue weighted by Crippen LogP contribution is 2.43. The molecule has 0 bridgehead atoms. The third kappa shape index (κ3) is 6.38. The van der Waals surface area contributed by atoms with Gasteiger partial charge in [0.15, 0.2) is 23.1 Å². The number of hydrogen-bond acceptors (Lipinski definition) is 5. The van der Waals surface area contributed by atoms with Crippen LogP contribution < -0.4 is 0 Å². The van der Waals surface area contributed by atoms with E-state index in [9.17, 15) is 0 Å². The Balaban J connectivity index is 0.888. The topological polar surface area (TPSA) is 69.9 Å². The molecule has 0 saturated carbocycles. The maximum atomic E-state index is 7.00. The predicted octanol–water partition coefficient (Wildman–Crippen LogP) is 16.8. The Kier molecular flexibility index (Phi) is 8.79. The van der Waals surface area contributed by atoms with Gasteiger partial charge in [-0.1, -0.05) is 188 Å². The molecule has 0 amide bonds. The highest BCUT2D eigenvalue weighted by molar-refractivity contribution is 6.15. The molecule has 14 rings (SSSR count). The maximum absolute atomic E-state index is 7.00. The second-order valence-electron chi connectivity index (χ2n) is 17.5. The number of benzene rings is 10. The van der Waals surface area contributed by atoms with Crippen molar-refractivity contribution in [2.75, 3.05) is 0 Å². The summed E-state index contributed by atoms with van der Waals surface area (Å²) in [6.07, 6.45) is 0. The van der Waals surface area contributed by atoms with Gasteiger partial charge in [0, 0.05) is 49.0 Å². The third-order valence-electron chi connectivity index (χ3n) is 13.5. The van der Waals surface area contributed by atoms with Gasteiger partial charge in [-0.05, 0) is 70.3 Å². The van der Waals surface area contributed by atoms with Crippen LogP contribution in [0.1, 0.15) is 0 Å². The maximum Gasteiger partial charge on any atom is 0.167 e. The van der Waals surface area contributed by atoms with E-state index in [-0.39, 0.29) is 0 Å². The fraction of sp³-hybridized carbons (Fsp3) is 0. The van der Waals surface area contributed by atoms with Gasteiger partial charge in [-0.3, -0.25) is 0 Å². The molecule has 10 aromatic carbocycles. The molecule has 0 aliphatic carbocycles. The number of hydrogen-bond donors (Lipinski definition) is 0. The van der Waals surface area contributed by atoms with Crippen LogP contribution in [0.4, 0.5) is 0 Å². The minimum atomic E-state index is 0.538. The van der Waals surface area contributed by atoms with Crippen LogP contribution in [-0.4, -0.2) is 19.5 Å². The predicted molar refractivity (Wildman–Crippen MR) is 281 cm³/mol. The van der Waals surface area contributed by atoms with Crippen LogP contribution in [0.15, 0.2) is 239 Å². The van der Waals surface area contributed by atoms with Crippen LogP contribution in [-0.2, 0) is 0 Å². The molecular weight excluding hydrogens is 845 g/mol. The minimum Gasteiger partial charge on any atom is -0.455 e. The van der Waals surface area contributed by atoms with Gasteiger partial charge < -0.3 is 13.4 Å². The highest BCUT2D eigenvalue weighted by Gasteiger charge is 2.22. The van der Waals surface area contributed by atoms with Gasteiger partial charge in [-0.2, -0.15) is 0 Å². The van der Waals surface area contributed by atoms with E-state index in [4.69, 9.17) is 23.8 Å². The molecule has 6 nitrogen and oxygen atoms in total. The Morgan fingerprint density at radius 1 is 0.275 bits per heavy atom. The molecule has 4 aromatic heterocycles. The molecule has 0 aliphatic heterocycles. The zero-order valence-electron chi connectivity index (χ0n) is 37.0. The largest absolute Gasteiger partial charge is 0.455 e. The van der Waals surface area contributed by atoms with E-state index < -0.39 is 0 Å². The quantitative estimate of drug-likeness (QED) is 0.159. The Labute approximate surface area is 396 Å². The fourth-order valence-corrected chi connectivity index (χ4v) is 10.2. The Bertz CT molecular complexity index is 4290. The summed E-state index contributed by atoms with van der Waals surface area (Å²) >= 11 is 0. The van der Waals surface area contributed by atoms with Crippen LogP contribution in [0.3, 0.4) is 0 Å². The second kappa shape index (κ2) is 15.6. The molecule has 0 radical (unpaired) electrons. The first-order valence-electron chi connectivity index (χ1n) is 23.2. The van der Waals surface area contributed by atoms with Crippen LogP contribution >= 0.6 is 0 Å². The molecule has 69 heavy (non-hydrogen) atoms. The van der Waals surface area contributed by atoms with Crippen molar-refractivity contribution < 1.29 is 8.83 Å². The molecule has 6 heteroatoms. The highest BCUT2D eigenvalue weighted by atomic mass is 16.3. The standard InChI is InChI=1S/C63H38N4O2/c1-4-15-39(16-5-1)41-29-31-43(32-30-41)62-64-61(42-19-8-3-9-20-42)65-63(66-62)52-26-13-24-51-50-23-12-22-46(58(50)69-59(51)52)45-33-35-48-49-25-14-28-56(60(49)68-57(48)38-45)67-54-27-11-10-21-47(54)53-37-44(34-36-55(53)67)40-17-6-2-7-18-40/h1-38H. The molecule has 0 N–H and O–H groups in total. The van der Waals surface area contributed by atoms with Gasteiger partial charge in [-0.25, -0.2) is 15.0 Å². The van der Waals surface area contributed by atoms with E-state index in [0.717, 1.165) is 94.0 Å². The zero-order chi connectivity index (χ0) is 45.4. The van der Waals surface area contributed by atoms with E-state index in [1.54, 1.807) is 0 Å². The van der Waals surface area contributed by atoms with E-state index in [1.165, 1.54) is 21.9 Å². The first-order chi connectivity index (χ1) is 34.2. The monoisotopic (exact) mass is 882 g/mol. The Morgan fingerprint density at radius 2 is 0.768 bits per heavy atom. The second-order valence-corrected chi connectivity index (χ2v) is 17.5. The lowest BCUT2D eigenvalue weighted by atomic mass is 10.0. The number of aromatic nitrogens is 4. The van der Waals surface area contributed by atoms with Crippen LogP contribution in [0.2, 0.25) is 0 Å². The SMILES string of the molecule is c1ccc(-c2ccc(-c3nc(-c4ccccc4)nc(-c4cccc5c4oc4c(-c6ccc7c(c6)oc6c(-n8c9ccccc9c9cc(-c%10ccccc%10)ccc98)cccc67)cccc45)n3)cc2)cc1. The number of fused-ring (bicyclic) bond motifs is 9. The molecule has 0 unspecified atom stereocenters. The van der Waals surface area contributed by atoms with E-state index in [1.807, 2.05) is 42.5 Å². The summed E-state index contributed by atoms with van der Waals surface area (Å²) in [7, 11) is 0.